The third kappa shape index (κ3) is 3.85. The Hall–Kier alpha value is -3.41. The number of ether oxygens (including phenoxy) is 2. The van der Waals surface area contributed by atoms with E-state index in [1.807, 2.05) is 48.5 Å². The fourth-order valence-electron chi connectivity index (χ4n) is 3.95. The Morgan fingerprint density at radius 1 is 1.00 bits per heavy atom. The summed E-state index contributed by atoms with van der Waals surface area (Å²) in [5, 5.41) is 1.98. The van der Waals surface area contributed by atoms with Gasteiger partial charge < -0.3 is 14.4 Å². The van der Waals surface area contributed by atoms with Gasteiger partial charge in [-0.3, -0.25) is 4.98 Å². The van der Waals surface area contributed by atoms with E-state index in [-0.39, 0.29) is 6.09 Å². The Kier molecular flexibility index (Phi) is 5.65. The van der Waals surface area contributed by atoms with Gasteiger partial charge >= 0.3 is 12.1 Å². The number of hydrogen-bond donors (Lipinski definition) is 0. The maximum atomic E-state index is 13.0. The fourth-order valence-corrected chi connectivity index (χ4v) is 3.95. The summed E-state index contributed by atoms with van der Waals surface area (Å²) in [4.78, 5) is 31.5. The number of amides is 1. The van der Waals surface area contributed by atoms with Crippen LogP contribution >= 0.6 is 0 Å². The molecule has 0 unspecified atom stereocenters. The van der Waals surface area contributed by atoms with Gasteiger partial charge in [0, 0.05) is 37.5 Å². The molecule has 1 aliphatic rings. The average molecular weight is 404 g/mol. The van der Waals surface area contributed by atoms with E-state index in [1.54, 1.807) is 30.2 Å². The predicted octanol–water partition coefficient (Wildman–Crippen LogP) is 4.54. The molecule has 0 atom stereocenters. The van der Waals surface area contributed by atoms with Crippen LogP contribution in [-0.4, -0.2) is 41.6 Å². The lowest BCUT2D eigenvalue weighted by atomic mass is 9.85. The normalized spacial score (nSPS) is 15.6. The van der Waals surface area contributed by atoms with E-state index >= 15 is 0 Å². The molecule has 1 saturated heterocycles. The molecule has 6 heteroatoms. The molecular formula is C24H24N2O4. The number of hydrogen-bond acceptors (Lipinski definition) is 5. The first-order valence-electron chi connectivity index (χ1n) is 10.2. The lowest BCUT2D eigenvalue weighted by molar-refractivity contribution is -0.0549. The zero-order valence-electron chi connectivity index (χ0n) is 16.9. The standard InChI is InChI=1S/C24H24N2O4/c1-2-29-23(28)26-16-13-24(14-17-26,30-22(27)19-9-4-3-5-10-19)21-20-11-7-6-8-18(20)12-15-25-21/h3-12,15H,2,13-14,16-17H2,1H3. The second-order valence-electron chi connectivity index (χ2n) is 7.32. The number of rotatable bonds is 4. The molecule has 0 aliphatic carbocycles. The van der Waals surface area contributed by atoms with E-state index < -0.39 is 11.6 Å². The molecule has 1 amide bonds. The minimum Gasteiger partial charge on any atom is -0.450 e. The van der Waals surface area contributed by atoms with Crippen molar-refractivity contribution in [2.45, 2.75) is 25.4 Å². The van der Waals surface area contributed by atoms with Crippen LogP contribution in [0, 0.1) is 0 Å². The maximum absolute atomic E-state index is 13.0. The number of carbonyl (C=O) groups is 2. The lowest BCUT2D eigenvalue weighted by Gasteiger charge is -2.40. The van der Waals surface area contributed by atoms with E-state index in [9.17, 15) is 9.59 Å². The molecule has 6 nitrogen and oxygen atoms in total. The molecule has 0 radical (unpaired) electrons. The highest BCUT2D eigenvalue weighted by molar-refractivity contribution is 5.90. The van der Waals surface area contributed by atoms with Gasteiger partial charge in [0.2, 0.25) is 0 Å². The Bertz CT molecular complexity index is 1040. The quantitative estimate of drug-likeness (QED) is 0.597. The van der Waals surface area contributed by atoms with Gasteiger partial charge in [-0.2, -0.15) is 0 Å². The van der Waals surface area contributed by atoms with Gasteiger partial charge in [0.05, 0.1) is 17.9 Å². The maximum Gasteiger partial charge on any atom is 0.409 e. The van der Waals surface area contributed by atoms with E-state index in [0.717, 1.165) is 16.5 Å². The highest BCUT2D eigenvalue weighted by atomic mass is 16.6. The monoisotopic (exact) mass is 404 g/mol. The van der Waals surface area contributed by atoms with Crippen LogP contribution in [0.1, 0.15) is 35.8 Å². The van der Waals surface area contributed by atoms with Crippen molar-refractivity contribution >= 4 is 22.8 Å². The van der Waals surface area contributed by atoms with Crippen molar-refractivity contribution in [3.05, 3.63) is 78.1 Å². The summed E-state index contributed by atoms with van der Waals surface area (Å²) in [6, 6.07) is 18.8. The summed E-state index contributed by atoms with van der Waals surface area (Å²) in [5.74, 6) is -0.394. The predicted molar refractivity (Wildman–Crippen MR) is 113 cm³/mol. The highest BCUT2D eigenvalue weighted by Crippen LogP contribution is 2.40. The van der Waals surface area contributed by atoms with Crippen LogP contribution in [0.2, 0.25) is 0 Å². The topological polar surface area (TPSA) is 68.7 Å². The smallest absolute Gasteiger partial charge is 0.409 e. The highest BCUT2D eigenvalue weighted by Gasteiger charge is 2.43. The Balaban J connectivity index is 1.70. The van der Waals surface area contributed by atoms with Crippen molar-refractivity contribution in [2.75, 3.05) is 19.7 Å². The number of fused-ring (bicyclic) bond motifs is 1. The molecule has 0 spiro atoms. The number of carbonyl (C=O) groups excluding carboxylic acids is 2. The minimum atomic E-state index is -0.920. The zero-order valence-corrected chi connectivity index (χ0v) is 16.9. The molecule has 154 valence electrons. The Morgan fingerprint density at radius 2 is 1.70 bits per heavy atom. The van der Waals surface area contributed by atoms with Crippen molar-refractivity contribution in [2.24, 2.45) is 0 Å². The van der Waals surface area contributed by atoms with Crippen molar-refractivity contribution in [3.63, 3.8) is 0 Å². The van der Waals surface area contributed by atoms with Crippen molar-refractivity contribution < 1.29 is 19.1 Å². The van der Waals surface area contributed by atoms with Gasteiger partial charge in [-0.15, -0.1) is 0 Å². The molecule has 3 aromatic rings. The molecule has 2 aromatic carbocycles. The van der Waals surface area contributed by atoms with E-state index in [2.05, 4.69) is 4.98 Å². The summed E-state index contributed by atoms with van der Waals surface area (Å²) in [6.45, 7) is 2.96. The molecule has 0 N–H and O–H groups in total. The molecule has 30 heavy (non-hydrogen) atoms. The second kappa shape index (κ2) is 8.53. The van der Waals surface area contributed by atoms with Gasteiger partial charge in [-0.25, -0.2) is 9.59 Å². The van der Waals surface area contributed by atoms with Crippen molar-refractivity contribution in [1.29, 1.82) is 0 Å². The van der Waals surface area contributed by atoms with E-state index in [1.165, 1.54) is 0 Å². The van der Waals surface area contributed by atoms with Crippen molar-refractivity contribution in [3.8, 4) is 0 Å². The van der Waals surface area contributed by atoms with Crippen LogP contribution in [0.25, 0.3) is 10.8 Å². The van der Waals surface area contributed by atoms with E-state index in [0.29, 0.717) is 38.1 Å². The van der Waals surface area contributed by atoms with Crippen molar-refractivity contribution in [1.82, 2.24) is 9.88 Å². The molecule has 1 aliphatic heterocycles. The first-order valence-corrected chi connectivity index (χ1v) is 10.2. The first kappa shape index (κ1) is 19.9. The van der Waals surface area contributed by atoms with Gasteiger partial charge in [0.15, 0.2) is 5.60 Å². The third-order valence-electron chi connectivity index (χ3n) is 5.50. The fraction of sp³-hybridized carbons (Fsp3) is 0.292. The number of esters is 1. The van der Waals surface area contributed by atoms with Gasteiger partial charge in [0.1, 0.15) is 0 Å². The lowest BCUT2D eigenvalue weighted by Crippen LogP contribution is -2.48. The summed E-state index contributed by atoms with van der Waals surface area (Å²) in [7, 11) is 0. The molecule has 0 saturated carbocycles. The number of pyridine rings is 1. The van der Waals surface area contributed by atoms with Crippen LogP contribution in [0.5, 0.6) is 0 Å². The van der Waals surface area contributed by atoms with Crippen LogP contribution < -0.4 is 0 Å². The van der Waals surface area contributed by atoms with Crippen LogP contribution in [0.15, 0.2) is 66.9 Å². The van der Waals surface area contributed by atoms with Crippen LogP contribution in [-0.2, 0) is 15.1 Å². The number of nitrogens with zero attached hydrogens (tertiary/aromatic N) is 2. The van der Waals surface area contributed by atoms with Gasteiger partial charge in [-0.05, 0) is 30.5 Å². The molecule has 0 bridgehead atoms. The summed E-state index contributed by atoms with van der Waals surface area (Å²) < 4.78 is 11.3. The first-order chi connectivity index (χ1) is 14.6. The Labute approximate surface area is 175 Å². The molecule has 1 aromatic heterocycles. The van der Waals surface area contributed by atoms with Crippen LogP contribution in [0.3, 0.4) is 0 Å². The molecule has 4 rings (SSSR count). The molecular weight excluding hydrogens is 380 g/mol. The molecule has 2 heterocycles. The number of likely N-dealkylation sites (tertiary alicyclic amines) is 1. The van der Waals surface area contributed by atoms with Gasteiger partial charge in [0.25, 0.3) is 0 Å². The zero-order chi connectivity index (χ0) is 21.0. The third-order valence-corrected chi connectivity index (χ3v) is 5.50. The van der Waals surface area contributed by atoms with Crippen LogP contribution in [0.4, 0.5) is 4.79 Å². The summed E-state index contributed by atoms with van der Waals surface area (Å²) in [6.07, 6.45) is 2.30. The summed E-state index contributed by atoms with van der Waals surface area (Å²) in [5.41, 5.74) is 0.301. The Morgan fingerprint density at radius 3 is 2.43 bits per heavy atom. The largest absolute Gasteiger partial charge is 0.450 e. The molecule has 1 fully saturated rings. The van der Waals surface area contributed by atoms with E-state index in [4.69, 9.17) is 9.47 Å². The number of aromatic nitrogens is 1. The van der Waals surface area contributed by atoms with Gasteiger partial charge in [-0.1, -0.05) is 42.5 Å². The summed E-state index contributed by atoms with van der Waals surface area (Å²) >= 11 is 0. The number of benzene rings is 2. The second-order valence-corrected chi connectivity index (χ2v) is 7.32. The number of piperidine rings is 1. The minimum absolute atomic E-state index is 0.328. The average Bonchev–Trinajstić information content (AvgIpc) is 2.80. The SMILES string of the molecule is CCOC(=O)N1CCC(OC(=O)c2ccccc2)(c2nccc3ccccc23)CC1.